The van der Waals surface area contributed by atoms with Crippen LogP contribution in [-0.2, 0) is 9.53 Å². The maximum atomic E-state index is 12.8. The maximum Gasteiger partial charge on any atom is 0.401 e. The van der Waals surface area contributed by atoms with Crippen LogP contribution in [-0.4, -0.2) is 37.0 Å². The molecule has 0 aromatic heterocycles. The zero-order valence-electron chi connectivity index (χ0n) is 11.4. The number of alkyl halides is 6. The Hall–Kier alpha value is -0.990. The van der Waals surface area contributed by atoms with Crippen LogP contribution in [0.4, 0.5) is 26.3 Å². The van der Waals surface area contributed by atoms with Gasteiger partial charge in [-0.3, -0.25) is 10.1 Å². The van der Waals surface area contributed by atoms with Gasteiger partial charge in [-0.25, -0.2) is 0 Å². The van der Waals surface area contributed by atoms with Crippen molar-refractivity contribution in [3.05, 3.63) is 0 Å². The third-order valence-corrected chi connectivity index (χ3v) is 3.51. The Kier molecular flexibility index (Phi) is 5.51. The van der Waals surface area contributed by atoms with Crippen molar-refractivity contribution in [2.45, 2.75) is 50.5 Å². The second-order valence-corrected chi connectivity index (χ2v) is 5.11. The number of ether oxygens (including phenoxy) is 1. The van der Waals surface area contributed by atoms with Crippen LogP contribution in [0, 0.1) is 5.92 Å². The van der Waals surface area contributed by atoms with Crippen LogP contribution in [0.25, 0.3) is 0 Å². The molecule has 1 N–H and O–H groups in total. The Balaban J connectivity index is 2.93. The number of carbonyl (C=O) groups excluding carboxylic acids is 1. The van der Waals surface area contributed by atoms with E-state index >= 15 is 0 Å². The molecule has 124 valence electrons. The molecule has 2 unspecified atom stereocenters. The van der Waals surface area contributed by atoms with Gasteiger partial charge in [0.1, 0.15) is 5.54 Å². The molecule has 0 aromatic rings. The molecule has 9 heteroatoms. The average Bonchev–Trinajstić information content (AvgIpc) is 2.35. The number of rotatable bonds is 4. The minimum Gasteiger partial charge on any atom is -0.465 e. The number of carbonyl (C=O) groups is 1. The second kappa shape index (κ2) is 6.41. The molecule has 1 aliphatic carbocycles. The SMILES string of the molecule is CCOC(=O)C1(NCC(F)(F)F)CCCC(C(F)(F)F)C1. The van der Waals surface area contributed by atoms with Gasteiger partial charge in [0.2, 0.25) is 0 Å². The van der Waals surface area contributed by atoms with Gasteiger partial charge in [0.05, 0.1) is 19.1 Å². The Morgan fingerprint density at radius 1 is 1.29 bits per heavy atom. The fourth-order valence-corrected chi connectivity index (χ4v) is 2.51. The van der Waals surface area contributed by atoms with Crippen molar-refractivity contribution >= 4 is 5.97 Å². The van der Waals surface area contributed by atoms with Crippen LogP contribution in [0.3, 0.4) is 0 Å². The molecular weight excluding hydrogens is 304 g/mol. The van der Waals surface area contributed by atoms with Gasteiger partial charge in [-0.2, -0.15) is 26.3 Å². The Morgan fingerprint density at radius 3 is 2.38 bits per heavy atom. The van der Waals surface area contributed by atoms with Gasteiger partial charge in [-0.1, -0.05) is 6.42 Å². The van der Waals surface area contributed by atoms with E-state index in [1.165, 1.54) is 6.92 Å². The van der Waals surface area contributed by atoms with Crippen molar-refractivity contribution < 1.29 is 35.9 Å². The summed E-state index contributed by atoms with van der Waals surface area (Å²) in [6.45, 7) is -0.194. The highest BCUT2D eigenvalue weighted by atomic mass is 19.4. The number of nitrogens with one attached hydrogen (secondary N) is 1. The highest BCUT2D eigenvalue weighted by Gasteiger charge is 2.52. The molecule has 21 heavy (non-hydrogen) atoms. The van der Waals surface area contributed by atoms with Crippen LogP contribution < -0.4 is 5.32 Å². The first-order valence-electron chi connectivity index (χ1n) is 6.56. The Bertz CT molecular complexity index is 368. The largest absolute Gasteiger partial charge is 0.465 e. The van der Waals surface area contributed by atoms with E-state index in [2.05, 4.69) is 4.74 Å². The molecular formula is C12H17F6NO2. The van der Waals surface area contributed by atoms with Gasteiger partial charge in [-0.05, 0) is 26.2 Å². The van der Waals surface area contributed by atoms with Crippen molar-refractivity contribution in [3.63, 3.8) is 0 Å². The predicted molar refractivity (Wildman–Crippen MR) is 61.4 cm³/mol. The summed E-state index contributed by atoms with van der Waals surface area (Å²) >= 11 is 0. The summed E-state index contributed by atoms with van der Waals surface area (Å²) < 4.78 is 80.1. The lowest BCUT2D eigenvalue weighted by atomic mass is 9.75. The number of halogens is 6. The van der Waals surface area contributed by atoms with Gasteiger partial charge >= 0.3 is 18.3 Å². The smallest absolute Gasteiger partial charge is 0.401 e. The molecule has 0 aromatic carbocycles. The predicted octanol–water partition coefficient (Wildman–Crippen LogP) is 3.19. The van der Waals surface area contributed by atoms with E-state index in [4.69, 9.17) is 0 Å². The molecule has 0 saturated heterocycles. The average molecular weight is 321 g/mol. The summed E-state index contributed by atoms with van der Waals surface area (Å²) in [5.74, 6) is -2.86. The molecule has 0 heterocycles. The lowest BCUT2D eigenvalue weighted by molar-refractivity contribution is -0.194. The fourth-order valence-electron chi connectivity index (χ4n) is 2.51. The minimum absolute atomic E-state index is 0.00779. The van der Waals surface area contributed by atoms with Crippen molar-refractivity contribution in [2.75, 3.05) is 13.2 Å². The van der Waals surface area contributed by atoms with Crippen LogP contribution in [0.2, 0.25) is 0 Å². The highest BCUT2D eigenvalue weighted by Crippen LogP contribution is 2.42. The topological polar surface area (TPSA) is 38.3 Å². The molecule has 0 radical (unpaired) electrons. The summed E-state index contributed by atoms with van der Waals surface area (Å²) in [5.41, 5.74) is -1.93. The van der Waals surface area contributed by atoms with Gasteiger partial charge in [-0.15, -0.1) is 0 Å². The zero-order valence-corrected chi connectivity index (χ0v) is 11.4. The van der Waals surface area contributed by atoms with Gasteiger partial charge in [0.25, 0.3) is 0 Å². The van der Waals surface area contributed by atoms with Crippen LogP contribution in [0.1, 0.15) is 32.6 Å². The Labute approximate surface area is 118 Å². The van der Waals surface area contributed by atoms with E-state index in [1.807, 2.05) is 5.32 Å². The Morgan fingerprint density at radius 2 is 1.90 bits per heavy atom. The third-order valence-electron chi connectivity index (χ3n) is 3.51. The van der Waals surface area contributed by atoms with Gasteiger partial charge in [0, 0.05) is 0 Å². The van der Waals surface area contributed by atoms with E-state index in [0.29, 0.717) is 0 Å². The van der Waals surface area contributed by atoms with Crippen molar-refractivity contribution in [3.8, 4) is 0 Å². The molecule has 0 amide bonds. The van der Waals surface area contributed by atoms with Crippen molar-refractivity contribution in [2.24, 2.45) is 5.92 Å². The lowest BCUT2D eigenvalue weighted by Gasteiger charge is -2.40. The fraction of sp³-hybridized carbons (Fsp3) is 0.917. The van der Waals surface area contributed by atoms with Gasteiger partial charge < -0.3 is 4.74 Å². The third kappa shape index (κ3) is 5.05. The second-order valence-electron chi connectivity index (χ2n) is 5.11. The number of esters is 1. The van der Waals surface area contributed by atoms with Crippen molar-refractivity contribution in [1.29, 1.82) is 0 Å². The van der Waals surface area contributed by atoms with Crippen LogP contribution in [0.5, 0.6) is 0 Å². The lowest BCUT2D eigenvalue weighted by Crippen LogP contribution is -2.59. The van der Waals surface area contributed by atoms with Crippen LogP contribution >= 0.6 is 0 Å². The molecule has 1 fully saturated rings. The quantitative estimate of drug-likeness (QED) is 0.638. The first-order valence-corrected chi connectivity index (χ1v) is 6.56. The highest BCUT2D eigenvalue weighted by molar-refractivity contribution is 5.81. The van der Waals surface area contributed by atoms with Gasteiger partial charge in [0.15, 0.2) is 0 Å². The first-order chi connectivity index (χ1) is 9.50. The number of hydrogen-bond acceptors (Lipinski definition) is 3. The minimum atomic E-state index is -4.62. The molecule has 0 aliphatic heterocycles. The maximum absolute atomic E-state index is 12.8. The first kappa shape index (κ1) is 18.1. The van der Waals surface area contributed by atoms with E-state index in [-0.39, 0.29) is 25.9 Å². The normalized spacial score (nSPS) is 27.5. The van der Waals surface area contributed by atoms with E-state index in [1.54, 1.807) is 0 Å². The summed E-state index contributed by atoms with van der Waals surface area (Å²) in [7, 11) is 0. The molecule has 0 bridgehead atoms. The molecule has 2 atom stereocenters. The van der Waals surface area contributed by atoms with Crippen LogP contribution in [0.15, 0.2) is 0 Å². The summed E-state index contributed by atoms with van der Waals surface area (Å²) in [6, 6.07) is 0. The number of hydrogen-bond donors (Lipinski definition) is 1. The van der Waals surface area contributed by atoms with E-state index in [9.17, 15) is 31.1 Å². The molecule has 0 spiro atoms. The monoisotopic (exact) mass is 321 g/mol. The summed E-state index contributed by atoms with van der Waals surface area (Å²) in [6.07, 6.45) is -10.2. The zero-order chi connectivity index (χ0) is 16.3. The molecule has 3 nitrogen and oxygen atoms in total. The van der Waals surface area contributed by atoms with E-state index in [0.717, 1.165) is 0 Å². The van der Waals surface area contributed by atoms with Crippen molar-refractivity contribution in [1.82, 2.24) is 5.32 Å². The molecule has 1 rings (SSSR count). The summed E-state index contributed by atoms with van der Waals surface area (Å²) in [4.78, 5) is 11.9. The van der Waals surface area contributed by atoms with E-state index < -0.39 is 42.7 Å². The standard InChI is InChI=1S/C12H17F6NO2/c1-2-21-9(20)10(19-7-11(13,14)15)5-3-4-8(6-10)12(16,17)18/h8,19H,2-7H2,1H3. The molecule has 1 saturated carbocycles. The summed E-state index contributed by atoms with van der Waals surface area (Å²) in [5, 5.41) is 1.96. The molecule has 1 aliphatic rings.